The van der Waals surface area contributed by atoms with Crippen molar-refractivity contribution in [3.05, 3.63) is 41.1 Å². The molecule has 2 aromatic rings. The molecule has 0 bridgehead atoms. The summed E-state index contributed by atoms with van der Waals surface area (Å²) in [4.78, 5) is 19.8. The van der Waals surface area contributed by atoms with Crippen LogP contribution in [0, 0.1) is 11.6 Å². The van der Waals surface area contributed by atoms with Gasteiger partial charge in [-0.15, -0.1) is 0 Å². The summed E-state index contributed by atoms with van der Waals surface area (Å²) in [5, 5.41) is 5.35. The lowest BCUT2D eigenvalue weighted by atomic mass is 10.1. The fourth-order valence-electron chi connectivity index (χ4n) is 2.13. The second-order valence-electron chi connectivity index (χ2n) is 4.25. The van der Waals surface area contributed by atoms with Gasteiger partial charge in [0.1, 0.15) is 23.0 Å². The van der Waals surface area contributed by atoms with Gasteiger partial charge < -0.3 is 10.6 Å². The predicted molar refractivity (Wildman–Crippen MR) is 68.1 cm³/mol. The molecule has 0 saturated carbocycles. The molecule has 2 heterocycles. The van der Waals surface area contributed by atoms with E-state index in [-0.39, 0.29) is 29.7 Å². The van der Waals surface area contributed by atoms with Crippen molar-refractivity contribution in [3.8, 4) is 11.4 Å². The van der Waals surface area contributed by atoms with Crippen LogP contribution in [0.2, 0.25) is 0 Å². The van der Waals surface area contributed by atoms with Crippen LogP contribution < -0.4 is 10.6 Å². The Bertz CT molecular complexity index is 698. The number of nitrogens with zero attached hydrogens (tertiary/aromatic N) is 2. The van der Waals surface area contributed by atoms with E-state index in [0.29, 0.717) is 11.3 Å². The zero-order valence-electron chi connectivity index (χ0n) is 10.5. The number of benzene rings is 1. The molecule has 0 fully saturated rings. The summed E-state index contributed by atoms with van der Waals surface area (Å²) in [6.07, 6.45) is 0. The molecule has 1 aliphatic rings. The second-order valence-corrected chi connectivity index (χ2v) is 4.25. The van der Waals surface area contributed by atoms with E-state index in [1.807, 2.05) is 0 Å². The average molecular weight is 276 g/mol. The number of rotatable bonds is 2. The molecule has 2 N–H and O–H groups in total. The Kier molecular flexibility index (Phi) is 2.81. The highest BCUT2D eigenvalue weighted by Gasteiger charge is 2.27. The summed E-state index contributed by atoms with van der Waals surface area (Å²) in [6, 6.07) is 3.54. The van der Waals surface area contributed by atoms with Crippen LogP contribution in [0.25, 0.3) is 11.4 Å². The number of hydrogen-bond acceptors (Lipinski definition) is 4. The molecule has 1 aromatic carbocycles. The number of halogens is 2. The van der Waals surface area contributed by atoms with Crippen molar-refractivity contribution in [2.75, 3.05) is 12.4 Å². The van der Waals surface area contributed by atoms with Crippen molar-refractivity contribution in [1.82, 2.24) is 15.3 Å². The summed E-state index contributed by atoms with van der Waals surface area (Å²) >= 11 is 0. The van der Waals surface area contributed by atoms with Crippen LogP contribution in [-0.2, 0) is 6.54 Å². The van der Waals surface area contributed by atoms with Crippen LogP contribution in [0.4, 0.5) is 14.6 Å². The summed E-state index contributed by atoms with van der Waals surface area (Å²) < 4.78 is 27.6. The van der Waals surface area contributed by atoms with Crippen LogP contribution >= 0.6 is 0 Å². The molecule has 1 aromatic heterocycles. The summed E-state index contributed by atoms with van der Waals surface area (Å²) in [5.41, 5.74) is 0.436. The first-order chi connectivity index (χ1) is 9.61. The van der Waals surface area contributed by atoms with Crippen molar-refractivity contribution in [2.24, 2.45) is 0 Å². The molecule has 1 aliphatic heterocycles. The van der Waals surface area contributed by atoms with E-state index in [0.717, 1.165) is 12.1 Å². The van der Waals surface area contributed by atoms with Crippen LogP contribution in [0.1, 0.15) is 16.1 Å². The van der Waals surface area contributed by atoms with E-state index in [9.17, 15) is 13.6 Å². The molecule has 0 unspecified atom stereocenters. The minimum atomic E-state index is -0.746. The Morgan fingerprint density at radius 2 is 1.90 bits per heavy atom. The molecule has 20 heavy (non-hydrogen) atoms. The number of fused-ring (bicyclic) bond motifs is 1. The van der Waals surface area contributed by atoms with Gasteiger partial charge in [0.2, 0.25) is 0 Å². The highest BCUT2D eigenvalue weighted by Crippen LogP contribution is 2.28. The van der Waals surface area contributed by atoms with E-state index in [1.54, 1.807) is 7.05 Å². The van der Waals surface area contributed by atoms with Gasteiger partial charge in [-0.25, -0.2) is 18.7 Å². The quantitative estimate of drug-likeness (QED) is 0.876. The van der Waals surface area contributed by atoms with Crippen LogP contribution in [0.5, 0.6) is 0 Å². The van der Waals surface area contributed by atoms with Gasteiger partial charge in [0, 0.05) is 7.05 Å². The Hall–Kier alpha value is -2.57. The summed E-state index contributed by atoms with van der Waals surface area (Å²) in [7, 11) is 1.58. The SMILES string of the molecule is CNc1nc(-c2c(F)cccc2F)nc2c1C(=O)NC2. The normalized spacial score (nSPS) is 13.1. The van der Waals surface area contributed by atoms with Crippen molar-refractivity contribution >= 4 is 11.7 Å². The Labute approximate surface area is 113 Å². The molecule has 0 saturated heterocycles. The largest absolute Gasteiger partial charge is 0.372 e. The second kappa shape index (κ2) is 4.52. The van der Waals surface area contributed by atoms with E-state index in [4.69, 9.17) is 0 Å². The van der Waals surface area contributed by atoms with E-state index < -0.39 is 11.6 Å². The number of amides is 1. The number of carbonyl (C=O) groups is 1. The van der Waals surface area contributed by atoms with Gasteiger partial charge in [-0.1, -0.05) is 6.07 Å². The molecular weight excluding hydrogens is 266 g/mol. The zero-order valence-corrected chi connectivity index (χ0v) is 10.5. The molecule has 102 valence electrons. The third-order valence-corrected chi connectivity index (χ3v) is 3.05. The highest BCUT2D eigenvalue weighted by atomic mass is 19.1. The first kappa shape index (κ1) is 12.5. The van der Waals surface area contributed by atoms with Crippen molar-refractivity contribution in [2.45, 2.75) is 6.54 Å². The Balaban J connectivity index is 2.24. The standard InChI is InChI=1S/C13H10F2N4O/c1-16-11-10-8(5-17-13(10)20)18-12(19-11)9-6(14)3-2-4-7(9)15/h2-4H,5H2,1H3,(H,17,20)(H,16,18,19). The van der Waals surface area contributed by atoms with Crippen molar-refractivity contribution in [1.29, 1.82) is 0 Å². The van der Waals surface area contributed by atoms with Gasteiger partial charge in [0.25, 0.3) is 5.91 Å². The first-order valence-corrected chi connectivity index (χ1v) is 5.93. The van der Waals surface area contributed by atoms with Crippen LogP contribution in [-0.4, -0.2) is 22.9 Å². The molecule has 0 atom stereocenters. The van der Waals surface area contributed by atoms with Gasteiger partial charge in [-0.3, -0.25) is 4.79 Å². The monoisotopic (exact) mass is 276 g/mol. The molecule has 5 nitrogen and oxygen atoms in total. The number of nitrogens with one attached hydrogen (secondary N) is 2. The maximum Gasteiger partial charge on any atom is 0.257 e. The molecule has 7 heteroatoms. The maximum atomic E-state index is 13.8. The van der Waals surface area contributed by atoms with Gasteiger partial charge in [-0.05, 0) is 12.1 Å². The van der Waals surface area contributed by atoms with Crippen LogP contribution in [0.15, 0.2) is 18.2 Å². The third-order valence-electron chi connectivity index (χ3n) is 3.05. The predicted octanol–water partition coefficient (Wildman–Crippen LogP) is 1.71. The lowest BCUT2D eigenvalue weighted by Crippen LogP contribution is -2.14. The lowest BCUT2D eigenvalue weighted by molar-refractivity contribution is 0.0966. The molecule has 1 amide bonds. The van der Waals surface area contributed by atoms with E-state index in [1.165, 1.54) is 6.07 Å². The molecule has 0 spiro atoms. The smallest absolute Gasteiger partial charge is 0.257 e. The number of aromatic nitrogens is 2. The number of anilines is 1. The fourth-order valence-corrected chi connectivity index (χ4v) is 2.13. The Morgan fingerprint density at radius 3 is 2.55 bits per heavy atom. The van der Waals surface area contributed by atoms with E-state index in [2.05, 4.69) is 20.6 Å². The van der Waals surface area contributed by atoms with Gasteiger partial charge in [0.05, 0.1) is 17.8 Å². The Morgan fingerprint density at radius 1 is 1.20 bits per heavy atom. The zero-order chi connectivity index (χ0) is 14.3. The minimum absolute atomic E-state index is 0.0831. The number of hydrogen-bond donors (Lipinski definition) is 2. The maximum absolute atomic E-state index is 13.8. The fraction of sp³-hybridized carbons (Fsp3) is 0.154. The lowest BCUT2D eigenvalue weighted by Gasteiger charge is -2.09. The first-order valence-electron chi connectivity index (χ1n) is 5.93. The number of carbonyl (C=O) groups excluding carboxylic acids is 1. The van der Waals surface area contributed by atoms with Gasteiger partial charge >= 0.3 is 0 Å². The summed E-state index contributed by atoms with van der Waals surface area (Å²) in [6.45, 7) is 0.217. The van der Waals surface area contributed by atoms with Crippen molar-refractivity contribution < 1.29 is 13.6 Å². The highest BCUT2D eigenvalue weighted by molar-refractivity contribution is 6.02. The minimum Gasteiger partial charge on any atom is -0.372 e. The molecule has 3 rings (SSSR count). The van der Waals surface area contributed by atoms with E-state index >= 15 is 0 Å². The van der Waals surface area contributed by atoms with Gasteiger partial charge in [0.15, 0.2) is 5.82 Å². The third kappa shape index (κ3) is 1.78. The van der Waals surface area contributed by atoms with Crippen molar-refractivity contribution in [3.63, 3.8) is 0 Å². The topological polar surface area (TPSA) is 66.9 Å². The molecular formula is C13H10F2N4O. The van der Waals surface area contributed by atoms with Gasteiger partial charge in [-0.2, -0.15) is 0 Å². The molecule has 0 radical (unpaired) electrons. The average Bonchev–Trinajstić information content (AvgIpc) is 2.79. The summed E-state index contributed by atoms with van der Waals surface area (Å²) in [5.74, 6) is -1.62. The molecule has 0 aliphatic carbocycles. The van der Waals surface area contributed by atoms with Crippen LogP contribution in [0.3, 0.4) is 0 Å².